The predicted molar refractivity (Wildman–Crippen MR) is 60.9 cm³/mol. The van der Waals surface area contributed by atoms with Gasteiger partial charge in [-0.15, -0.1) is 0 Å². The van der Waals surface area contributed by atoms with Gasteiger partial charge in [0, 0.05) is 25.0 Å². The maximum atomic E-state index is 11.3. The Morgan fingerprint density at radius 2 is 2.38 bits per heavy atom. The second kappa shape index (κ2) is 5.65. The molecule has 1 aliphatic carbocycles. The van der Waals surface area contributed by atoms with E-state index in [1.165, 1.54) is 0 Å². The Bertz CT molecular complexity index is 319. The average molecular weight is 222 g/mol. The third-order valence-corrected chi connectivity index (χ3v) is 2.53. The number of carbonyl (C=O) groups is 1. The molecular formula is C11H18N4O. The van der Waals surface area contributed by atoms with Gasteiger partial charge in [-0.2, -0.15) is 5.10 Å². The van der Waals surface area contributed by atoms with Crippen molar-refractivity contribution in [1.82, 2.24) is 20.4 Å². The molecule has 1 aliphatic rings. The summed E-state index contributed by atoms with van der Waals surface area (Å²) in [6, 6.07) is 2.37. The van der Waals surface area contributed by atoms with Gasteiger partial charge in [-0.3, -0.25) is 9.48 Å². The number of carbonyl (C=O) groups excluding carboxylic acids is 1. The van der Waals surface area contributed by atoms with E-state index in [4.69, 9.17) is 0 Å². The Labute approximate surface area is 95.2 Å². The first-order chi connectivity index (χ1) is 7.84. The van der Waals surface area contributed by atoms with E-state index in [0.29, 0.717) is 12.6 Å². The highest BCUT2D eigenvalue weighted by atomic mass is 16.2. The maximum Gasteiger partial charge on any atom is 0.234 e. The molecule has 0 unspecified atom stereocenters. The molecule has 0 bridgehead atoms. The molecule has 1 aromatic heterocycles. The van der Waals surface area contributed by atoms with Crippen LogP contribution in [-0.4, -0.2) is 34.8 Å². The Hall–Kier alpha value is -1.36. The van der Waals surface area contributed by atoms with E-state index in [9.17, 15) is 4.79 Å². The summed E-state index contributed by atoms with van der Waals surface area (Å²) in [4.78, 5) is 11.3. The molecule has 1 fully saturated rings. The predicted octanol–water partition coefficient (Wildman–Crippen LogP) is 0.141. The molecule has 16 heavy (non-hydrogen) atoms. The van der Waals surface area contributed by atoms with E-state index in [1.807, 2.05) is 16.9 Å². The summed E-state index contributed by atoms with van der Waals surface area (Å²) < 4.78 is 1.89. The maximum absolute atomic E-state index is 11.3. The van der Waals surface area contributed by atoms with Crippen molar-refractivity contribution in [2.24, 2.45) is 0 Å². The SMILES string of the molecule is O=C(CNCCCn1cccn1)NC1CC1. The summed E-state index contributed by atoms with van der Waals surface area (Å²) in [7, 11) is 0. The third kappa shape index (κ3) is 4.02. The lowest BCUT2D eigenvalue weighted by Crippen LogP contribution is -2.35. The van der Waals surface area contributed by atoms with Gasteiger partial charge in [-0.1, -0.05) is 0 Å². The quantitative estimate of drug-likeness (QED) is 0.645. The number of aromatic nitrogens is 2. The molecule has 2 N–H and O–H groups in total. The van der Waals surface area contributed by atoms with Crippen molar-refractivity contribution < 1.29 is 4.79 Å². The van der Waals surface area contributed by atoms with E-state index in [-0.39, 0.29) is 5.91 Å². The summed E-state index contributed by atoms with van der Waals surface area (Å²) in [5.41, 5.74) is 0. The Balaban J connectivity index is 1.46. The smallest absolute Gasteiger partial charge is 0.234 e. The summed E-state index contributed by atoms with van der Waals surface area (Å²) in [6.45, 7) is 2.16. The van der Waals surface area contributed by atoms with Crippen molar-refractivity contribution in [3.05, 3.63) is 18.5 Å². The summed E-state index contributed by atoms with van der Waals surface area (Å²) in [6.07, 6.45) is 6.99. The Morgan fingerprint density at radius 1 is 1.50 bits per heavy atom. The number of amides is 1. The number of hydrogen-bond donors (Lipinski definition) is 2. The Kier molecular flexibility index (Phi) is 3.93. The molecule has 0 saturated heterocycles. The topological polar surface area (TPSA) is 59.0 Å². The zero-order valence-corrected chi connectivity index (χ0v) is 9.35. The van der Waals surface area contributed by atoms with Gasteiger partial charge in [0.15, 0.2) is 0 Å². The fourth-order valence-corrected chi connectivity index (χ4v) is 1.51. The molecule has 5 nitrogen and oxygen atoms in total. The standard InChI is InChI=1S/C11H18N4O/c16-11(14-10-3-4-10)9-12-5-1-7-15-8-2-6-13-15/h2,6,8,10,12H,1,3-5,7,9H2,(H,14,16). The lowest BCUT2D eigenvalue weighted by atomic mass is 10.4. The molecule has 0 aromatic carbocycles. The molecule has 0 atom stereocenters. The normalized spacial score (nSPS) is 15.0. The van der Waals surface area contributed by atoms with Crippen LogP contribution in [0.4, 0.5) is 0 Å². The van der Waals surface area contributed by atoms with Gasteiger partial charge in [-0.05, 0) is 31.9 Å². The van der Waals surface area contributed by atoms with Crippen LogP contribution in [0, 0.1) is 0 Å². The minimum absolute atomic E-state index is 0.113. The zero-order chi connectivity index (χ0) is 11.2. The number of hydrogen-bond acceptors (Lipinski definition) is 3. The van der Waals surface area contributed by atoms with Crippen LogP contribution in [0.25, 0.3) is 0 Å². The van der Waals surface area contributed by atoms with Gasteiger partial charge < -0.3 is 10.6 Å². The molecule has 5 heteroatoms. The molecule has 2 rings (SSSR count). The first-order valence-corrected chi connectivity index (χ1v) is 5.82. The molecule has 1 saturated carbocycles. The van der Waals surface area contributed by atoms with Crippen LogP contribution < -0.4 is 10.6 Å². The summed E-state index contributed by atoms with van der Waals surface area (Å²) in [5.74, 6) is 0.113. The second-order valence-corrected chi connectivity index (χ2v) is 4.14. The van der Waals surface area contributed by atoms with Crippen molar-refractivity contribution in [3.63, 3.8) is 0 Å². The molecule has 88 valence electrons. The third-order valence-electron chi connectivity index (χ3n) is 2.53. The van der Waals surface area contributed by atoms with Gasteiger partial charge >= 0.3 is 0 Å². The highest BCUT2D eigenvalue weighted by Crippen LogP contribution is 2.18. The van der Waals surface area contributed by atoms with Gasteiger partial charge in [0.25, 0.3) is 0 Å². The minimum atomic E-state index is 0.113. The summed E-state index contributed by atoms with van der Waals surface area (Å²) >= 11 is 0. The van der Waals surface area contributed by atoms with Crippen LogP contribution in [0.1, 0.15) is 19.3 Å². The van der Waals surface area contributed by atoms with E-state index in [1.54, 1.807) is 6.20 Å². The van der Waals surface area contributed by atoms with Crippen molar-refractivity contribution in [2.75, 3.05) is 13.1 Å². The first kappa shape index (κ1) is 11.1. The van der Waals surface area contributed by atoms with Crippen LogP contribution >= 0.6 is 0 Å². The lowest BCUT2D eigenvalue weighted by Gasteiger charge is -2.05. The number of nitrogens with zero attached hydrogens (tertiary/aromatic N) is 2. The highest BCUT2D eigenvalue weighted by molar-refractivity contribution is 5.78. The molecule has 1 heterocycles. The molecule has 1 aromatic rings. The number of rotatable bonds is 7. The molecular weight excluding hydrogens is 204 g/mol. The van der Waals surface area contributed by atoms with E-state index in [2.05, 4.69) is 15.7 Å². The zero-order valence-electron chi connectivity index (χ0n) is 9.35. The highest BCUT2D eigenvalue weighted by Gasteiger charge is 2.22. The first-order valence-electron chi connectivity index (χ1n) is 5.82. The second-order valence-electron chi connectivity index (χ2n) is 4.14. The van der Waals surface area contributed by atoms with E-state index in [0.717, 1.165) is 32.4 Å². The lowest BCUT2D eigenvalue weighted by molar-refractivity contribution is -0.120. The van der Waals surface area contributed by atoms with Crippen LogP contribution in [0.3, 0.4) is 0 Å². The van der Waals surface area contributed by atoms with Crippen LogP contribution in [0.15, 0.2) is 18.5 Å². The monoisotopic (exact) mass is 222 g/mol. The van der Waals surface area contributed by atoms with Crippen molar-refractivity contribution in [3.8, 4) is 0 Å². The van der Waals surface area contributed by atoms with Gasteiger partial charge in [0.05, 0.1) is 6.54 Å². The fourth-order valence-electron chi connectivity index (χ4n) is 1.51. The molecule has 0 radical (unpaired) electrons. The fraction of sp³-hybridized carbons (Fsp3) is 0.636. The largest absolute Gasteiger partial charge is 0.352 e. The summed E-state index contributed by atoms with van der Waals surface area (Å²) in [5, 5.41) is 10.2. The van der Waals surface area contributed by atoms with E-state index >= 15 is 0 Å². The van der Waals surface area contributed by atoms with E-state index < -0.39 is 0 Å². The van der Waals surface area contributed by atoms with Crippen LogP contribution in [0.2, 0.25) is 0 Å². The van der Waals surface area contributed by atoms with Crippen molar-refractivity contribution in [1.29, 1.82) is 0 Å². The minimum Gasteiger partial charge on any atom is -0.352 e. The van der Waals surface area contributed by atoms with Crippen molar-refractivity contribution >= 4 is 5.91 Å². The number of aryl methyl sites for hydroxylation is 1. The molecule has 0 spiro atoms. The van der Waals surface area contributed by atoms with Crippen LogP contribution in [0.5, 0.6) is 0 Å². The average Bonchev–Trinajstić information content (AvgIpc) is 2.93. The van der Waals surface area contributed by atoms with Gasteiger partial charge in [0.1, 0.15) is 0 Å². The van der Waals surface area contributed by atoms with Gasteiger partial charge in [-0.25, -0.2) is 0 Å². The number of nitrogens with one attached hydrogen (secondary N) is 2. The molecule has 0 aliphatic heterocycles. The van der Waals surface area contributed by atoms with Crippen LogP contribution in [-0.2, 0) is 11.3 Å². The Morgan fingerprint density at radius 3 is 3.06 bits per heavy atom. The van der Waals surface area contributed by atoms with Crippen molar-refractivity contribution in [2.45, 2.75) is 31.8 Å². The van der Waals surface area contributed by atoms with Gasteiger partial charge in [0.2, 0.25) is 5.91 Å². The molecule has 1 amide bonds.